The zero-order chi connectivity index (χ0) is 51.4. The van der Waals surface area contributed by atoms with Gasteiger partial charge in [0.1, 0.15) is 17.9 Å². The summed E-state index contributed by atoms with van der Waals surface area (Å²) in [6.45, 7) is 10.9. The van der Waals surface area contributed by atoms with Crippen LogP contribution in [0.25, 0.3) is 27.0 Å². The van der Waals surface area contributed by atoms with E-state index in [2.05, 4.69) is 89.5 Å². The summed E-state index contributed by atoms with van der Waals surface area (Å²) in [4.78, 5) is 72.6. The summed E-state index contributed by atoms with van der Waals surface area (Å²) < 4.78 is 3.07. The summed E-state index contributed by atoms with van der Waals surface area (Å²) in [6, 6.07) is 19.5. The summed E-state index contributed by atoms with van der Waals surface area (Å²) in [5, 5.41) is 18.1. The normalized spacial score (nSPS) is 21.3. The number of aromatic nitrogens is 3. The highest BCUT2D eigenvalue weighted by molar-refractivity contribution is 9.10. The van der Waals surface area contributed by atoms with Gasteiger partial charge in [0.15, 0.2) is 0 Å². The van der Waals surface area contributed by atoms with Gasteiger partial charge in [-0.15, -0.1) is 11.3 Å². The zero-order valence-electron chi connectivity index (χ0n) is 43.5. The average molecular weight is 1070 g/mol. The molecule has 10 rings (SSSR count). The molecule has 2 aromatic heterocycles. The third-order valence-corrected chi connectivity index (χ3v) is 18.8. The van der Waals surface area contributed by atoms with Crippen LogP contribution in [0.1, 0.15) is 151 Å². The van der Waals surface area contributed by atoms with Gasteiger partial charge in [-0.1, -0.05) is 95.3 Å². The molecule has 15 heteroatoms. The van der Waals surface area contributed by atoms with Gasteiger partial charge in [0, 0.05) is 17.4 Å². The first-order chi connectivity index (χ1) is 35.0. The Labute approximate surface area is 442 Å². The Kier molecular flexibility index (Phi) is 14.7. The molecular weight excluding hydrogens is 1000 g/mol. The summed E-state index contributed by atoms with van der Waals surface area (Å²) in [5.74, 6) is 0.585. The first-order valence-corrected chi connectivity index (χ1v) is 28.5. The van der Waals surface area contributed by atoms with E-state index >= 15 is 0 Å². The van der Waals surface area contributed by atoms with Crippen molar-refractivity contribution in [1.82, 2.24) is 39.9 Å². The lowest BCUT2D eigenvalue weighted by molar-refractivity contribution is -0.145. The molecule has 5 aromatic rings. The smallest absolute Gasteiger partial charge is 0.281 e. The van der Waals surface area contributed by atoms with Crippen molar-refractivity contribution in [3.63, 3.8) is 0 Å². The first kappa shape index (κ1) is 51.7. The molecule has 4 atom stereocenters. The molecule has 4 fully saturated rings. The number of unbranched alkanes of at least 4 members (excludes halogenated alkanes) is 2. The number of hydrogen-bond acceptors (Lipinski definition) is 10. The standard InChI is InChI=1S/C58H73BrN8O5S/c1-36-49(73-35-60-36)39-19-17-38(18-20-39)44(61-51(69)47-33-41(68)34-66(47)53(71)50(56(2,3)4)62-55(72)58(27-28-58)64(5)6)15-9-7-12-29-65-30-23-37(24-31-65)40-21-22-45-42(32-40)57(25-10-8-11-26-57)54-63-52(70)48-43(59)14-13-16-46(48)67(45)54/h13-14,16-22,32,35,37,41,44,47,50,68H,7-12,15,23-31,33-34H2,1-6H3,(H,61,69)(H,62,72)/t41-,44+,47+,50-/m1/s1. The van der Waals surface area contributed by atoms with E-state index in [-0.39, 0.29) is 47.7 Å². The number of nitrogens with one attached hydrogen (secondary N) is 2. The lowest BCUT2D eigenvalue weighted by Gasteiger charge is -2.37. The highest BCUT2D eigenvalue weighted by Crippen LogP contribution is 2.52. The van der Waals surface area contributed by atoms with E-state index in [4.69, 9.17) is 4.98 Å². The van der Waals surface area contributed by atoms with E-state index in [1.54, 1.807) is 11.3 Å². The Morgan fingerprint density at radius 2 is 1.68 bits per heavy atom. The second kappa shape index (κ2) is 20.7. The number of fused-ring (bicyclic) bond motifs is 7. The average Bonchev–Trinajstić information content (AvgIpc) is 3.86. The van der Waals surface area contributed by atoms with Gasteiger partial charge in [-0.05, 0) is 160 Å². The highest BCUT2D eigenvalue weighted by atomic mass is 79.9. The van der Waals surface area contributed by atoms with Gasteiger partial charge >= 0.3 is 0 Å². The third kappa shape index (κ3) is 9.98. The predicted octanol–water partition coefficient (Wildman–Crippen LogP) is 9.33. The second-order valence-corrected chi connectivity index (χ2v) is 24.8. The molecule has 3 N–H and O–H groups in total. The van der Waals surface area contributed by atoms with Crippen LogP contribution in [0.2, 0.25) is 0 Å². The molecule has 0 radical (unpaired) electrons. The molecule has 73 heavy (non-hydrogen) atoms. The highest BCUT2D eigenvalue weighted by Gasteiger charge is 2.54. The lowest BCUT2D eigenvalue weighted by Crippen LogP contribution is -2.60. The molecule has 3 aliphatic heterocycles. The maximum atomic E-state index is 14.5. The van der Waals surface area contributed by atoms with Gasteiger partial charge in [0.2, 0.25) is 17.7 Å². The predicted molar refractivity (Wildman–Crippen MR) is 292 cm³/mol. The minimum Gasteiger partial charge on any atom is -0.391 e. The van der Waals surface area contributed by atoms with Crippen molar-refractivity contribution in [2.75, 3.05) is 40.3 Å². The Morgan fingerprint density at radius 1 is 0.945 bits per heavy atom. The molecule has 0 bridgehead atoms. The number of rotatable bonds is 15. The fourth-order valence-corrected chi connectivity index (χ4v) is 14.1. The van der Waals surface area contributed by atoms with Crippen molar-refractivity contribution < 1.29 is 19.5 Å². The molecule has 5 heterocycles. The quantitative estimate of drug-likeness (QED) is 0.0872. The molecular formula is C58H73BrN8O5S. The molecule has 13 nitrogen and oxygen atoms in total. The van der Waals surface area contributed by atoms with Crippen LogP contribution in [0.5, 0.6) is 0 Å². The minimum absolute atomic E-state index is 0.0307. The van der Waals surface area contributed by atoms with Gasteiger partial charge in [0.25, 0.3) is 5.56 Å². The van der Waals surface area contributed by atoms with Crippen molar-refractivity contribution in [1.29, 1.82) is 0 Å². The van der Waals surface area contributed by atoms with E-state index in [0.717, 1.165) is 134 Å². The Bertz CT molecular complexity index is 2930. The van der Waals surface area contributed by atoms with E-state index in [0.29, 0.717) is 11.3 Å². The molecule has 2 saturated heterocycles. The molecule has 0 unspecified atom stereocenters. The molecule has 388 valence electrons. The number of thiazole rings is 1. The number of aliphatic hydroxyl groups is 1. The number of carbonyl (C=O) groups is 3. The summed E-state index contributed by atoms with van der Waals surface area (Å²) in [7, 11) is 3.77. The number of likely N-dealkylation sites (tertiary alicyclic amines) is 2. The molecule has 1 spiro atoms. The van der Waals surface area contributed by atoms with Gasteiger partial charge in [0.05, 0.1) is 55.8 Å². The summed E-state index contributed by atoms with van der Waals surface area (Å²) in [6.07, 6.45) is 12.2. The fourth-order valence-electron chi connectivity index (χ4n) is 12.7. The molecule has 3 aromatic carbocycles. The van der Waals surface area contributed by atoms with E-state index in [1.165, 1.54) is 28.1 Å². The number of benzene rings is 3. The second-order valence-electron chi connectivity index (χ2n) is 23.1. The van der Waals surface area contributed by atoms with Gasteiger partial charge < -0.3 is 25.5 Å². The number of halogens is 1. The number of aryl methyl sites for hydroxylation is 1. The Morgan fingerprint density at radius 3 is 2.36 bits per heavy atom. The number of piperidine rings is 1. The van der Waals surface area contributed by atoms with Crippen LogP contribution < -0.4 is 16.2 Å². The molecule has 2 aliphatic carbocycles. The van der Waals surface area contributed by atoms with Crippen molar-refractivity contribution in [3.05, 3.63) is 109 Å². The van der Waals surface area contributed by atoms with Crippen LogP contribution in [0.15, 0.2) is 75.4 Å². The van der Waals surface area contributed by atoms with E-state index in [1.807, 2.05) is 64.3 Å². The van der Waals surface area contributed by atoms with Crippen molar-refractivity contribution >= 4 is 55.9 Å². The SMILES string of the molecule is Cc1ncsc1-c1ccc([C@H](CCCCCN2CCC(c3ccc4c(c3)C3(CCCCC3)c3nc(=O)c5c(Br)cccc5n3-4)CC2)NC(=O)[C@@H]2C[C@@H](O)CN2C(=O)[C@@H](NC(=O)C2(N(C)C)CC2)C(C)(C)C)cc1. The van der Waals surface area contributed by atoms with Gasteiger partial charge in [-0.25, -0.2) is 4.98 Å². The van der Waals surface area contributed by atoms with Crippen molar-refractivity contribution in [2.24, 2.45) is 5.41 Å². The van der Waals surface area contributed by atoms with Crippen LogP contribution in [0.3, 0.4) is 0 Å². The van der Waals surface area contributed by atoms with Crippen LogP contribution in [-0.4, -0.2) is 116 Å². The largest absolute Gasteiger partial charge is 0.391 e. The number of amides is 3. The number of hydrogen-bond donors (Lipinski definition) is 3. The summed E-state index contributed by atoms with van der Waals surface area (Å²) >= 11 is 5.26. The van der Waals surface area contributed by atoms with Crippen LogP contribution in [0, 0.1) is 12.3 Å². The van der Waals surface area contributed by atoms with Crippen LogP contribution in [-0.2, 0) is 19.8 Å². The Balaban J connectivity index is 0.781. The summed E-state index contributed by atoms with van der Waals surface area (Å²) in [5.41, 5.74) is 8.13. The number of nitrogens with zero attached hydrogens (tertiary/aromatic N) is 6. The van der Waals surface area contributed by atoms with Gasteiger partial charge in [-0.3, -0.25) is 28.6 Å². The molecule has 2 saturated carbocycles. The lowest BCUT2D eigenvalue weighted by atomic mass is 9.69. The van der Waals surface area contributed by atoms with Crippen molar-refractivity contribution in [2.45, 2.75) is 159 Å². The number of aliphatic hydroxyl groups excluding tert-OH is 1. The minimum atomic E-state index is -0.870. The maximum Gasteiger partial charge on any atom is 0.281 e. The van der Waals surface area contributed by atoms with Crippen molar-refractivity contribution in [3.8, 4) is 16.1 Å². The zero-order valence-corrected chi connectivity index (χ0v) is 45.9. The van der Waals surface area contributed by atoms with Crippen LogP contribution >= 0.6 is 27.3 Å². The number of likely N-dealkylation sites (N-methyl/N-ethyl adjacent to an activating group) is 1. The number of β-amino-alcohol motifs (C(OH)–C–C–N with tert-alkyl or cyclic N) is 1. The first-order valence-electron chi connectivity index (χ1n) is 26.9. The monoisotopic (exact) mass is 1070 g/mol. The Hall–Kier alpha value is -4.80. The van der Waals surface area contributed by atoms with E-state index < -0.39 is 29.1 Å². The maximum absolute atomic E-state index is 14.5. The fraction of sp³-hybridized carbons (Fsp3) is 0.552. The topological polar surface area (TPSA) is 153 Å². The molecule has 3 amide bonds. The third-order valence-electron chi connectivity index (χ3n) is 17.2. The van der Waals surface area contributed by atoms with E-state index in [9.17, 15) is 24.3 Å². The number of carbonyl (C=O) groups excluding carboxylic acids is 3. The molecule has 5 aliphatic rings. The van der Waals surface area contributed by atoms with Crippen LogP contribution in [0.4, 0.5) is 0 Å². The van der Waals surface area contributed by atoms with Gasteiger partial charge in [-0.2, -0.15) is 4.98 Å².